The number of nitrogens with zero attached hydrogens (tertiary/aromatic N) is 1. The standard InChI is InChI=1S/C16H23NO3.C8H17NO.CH4O.CH4.2H2O.Pd/c1-16(19)9-5-6-11-17(12-10-16)15(18)20-13-14-7-3-2-4-8-14;1-8(10)4-2-3-6-9-7-5-8;1-2;;;;/h2-4,7-8,19H,5-6,9-13H2,1H3;9-10H,2-7H2,1H3;2H,1H3;1H4;2*1H2;. The summed E-state index contributed by atoms with van der Waals surface area (Å²) in [5.74, 6) is 0. The molecular weight excluding hydrogens is 559 g/mol. The summed E-state index contributed by atoms with van der Waals surface area (Å²) < 4.78 is 5.34. The minimum atomic E-state index is -0.668. The van der Waals surface area contributed by atoms with Gasteiger partial charge < -0.3 is 41.2 Å². The van der Waals surface area contributed by atoms with Gasteiger partial charge in [-0.05, 0) is 83.9 Å². The molecule has 2 fully saturated rings. The first kappa shape index (κ1) is 42.0. The van der Waals surface area contributed by atoms with Crippen molar-refractivity contribution in [3.8, 4) is 0 Å². The minimum Gasteiger partial charge on any atom is -0.445 e. The van der Waals surface area contributed by atoms with Crippen molar-refractivity contribution in [2.45, 2.75) is 90.4 Å². The number of amides is 1. The predicted molar refractivity (Wildman–Crippen MR) is 141 cm³/mol. The predicted octanol–water partition coefficient (Wildman–Crippen LogP) is 2.44. The third-order valence-electron chi connectivity index (χ3n) is 5.94. The Labute approximate surface area is 231 Å². The normalized spacial score (nSPS) is 23.6. The van der Waals surface area contributed by atoms with Gasteiger partial charge >= 0.3 is 6.09 Å². The maximum atomic E-state index is 12.1. The number of nitrogens with one attached hydrogen (secondary N) is 1. The van der Waals surface area contributed by atoms with E-state index < -0.39 is 11.2 Å². The summed E-state index contributed by atoms with van der Waals surface area (Å²) in [5.41, 5.74) is -0.0916. The van der Waals surface area contributed by atoms with Crippen molar-refractivity contribution >= 4 is 6.09 Å². The van der Waals surface area contributed by atoms with Crippen molar-refractivity contribution in [1.82, 2.24) is 10.2 Å². The van der Waals surface area contributed by atoms with Gasteiger partial charge in [0.15, 0.2) is 0 Å². The number of aliphatic hydroxyl groups is 3. The number of likely N-dealkylation sites (tertiary alicyclic amines) is 1. The Morgan fingerprint density at radius 1 is 0.889 bits per heavy atom. The molecule has 2 aliphatic heterocycles. The van der Waals surface area contributed by atoms with Crippen LogP contribution in [0.3, 0.4) is 0 Å². The quantitative estimate of drug-likeness (QED) is 0.376. The third kappa shape index (κ3) is 19.1. The fraction of sp³-hybridized carbons (Fsp3) is 0.731. The summed E-state index contributed by atoms with van der Waals surface area (Å²) in [5, 5.41) is 30.0. The largest absolute Gasteiger partial charge is 0.445 e. The maximum Gasteiger partial charge on any atom is 0.410 e. The molecular formula is C26H52N2O7Pd. The fourth-order valence-electron chi connectivity index (χ4n) is 3.78. The molecule has 0 bridgehead atoms. The van der Waals surface area contributed by atoms with Crippen LogP contribution in [0.2, 0.25) is 0 Å². The molecule has 10 heteroatoms. The Kier molecular flexibility index (Phi) is 26.9. The van der Waals surface area contributed by atoms with E-state index >= 15 is 0 Å². The molecule has 0 saturated carbocycles. The van der Waals surface area contributed by atoms with E-state index in [9.17, 15) is 15.0 Å². The number of carbonyl (C=O) groups is 1. The molecule has 2 atom stereocenters. The van der Waals surface area contributed by atoms with E-state index in [-0.39, 0.29) is 44.9 Å². The number of benzene rings is 1. The van der Waals surface area contributed by atoms with Crippen LogP contribution in [0.5, 0.6) is 0 Å². The SMILES string of the molecule is C.CC1(O)CCCCN(C(=O)OCc2ccccc2)CC1.CC1(O)CCCCNCC1.CO.O.O.[Pd]. The monoisotopic (exact) mass is 610 g/mol. The number of hydrogen-bond acceptors (Lipinski definition) is 6. The zero-order valence-electron chi connectivity index (χ0n) is 21.5. The van der Waals surface area contributed by atoms with Gasteiger partial charge in [0.2, 0.25) is 0 Å². The number of ether oxygens (including phenoxy) is 1. The summed E-state index contributed by atoms with van der Waals surface area (Å²) >= 11 is 0. The summed E-state index contributed by atoms with van der Waals surface area (Å²) in [6.07, 6.45) is 7.20. The second-order valence-electron chi connectivity index (χ2n) is 9.19. The van der Waals surface area contributed by atoms with Gasteiger partial charge in [0, 0.05) is 40.6 Å². The molecule has 0 radical (unpaired) electrons. The van der Waals surface area contributed by atoms with Crippen LogP contribution in [-0.2, 0) is 31.8 Å². The Morgan fingerprint density at radius 3 is 2.06 bits per heavy atom. The van der Waals surface area contributed by atoms with Gasteiger partial charge in [0.1, 0.15) is 6.61 Å². The molecule has 1 amide bonds. The summed E-state index contributed by atoms with van der Waals surface area (Å²) in [6.45, 7) is 7.42. The Hall–Kier alpha value is -1.09. The van der Waals surface area contributed by atoms with Crippen molar-refractivity contribution in [2.75, 3.05) is 33.3 Å². The van der Waals surface area contributed by atoms with Crippen molar-refractivity contribution in [3.63, 3.8) is 0 Å². The molecule has 2 unspecified atom stereocenters. The topological polar surface area (TPSA) is 165 Å². The maximum absolute atomic E-state index is 12.1. The Balaban J connectivity index is -0.000000276. The average molecular weight is 611 g/mol. The van der Waals surface area contributed by atoms with E-state index in [0.29, 0.717) is 26.1 Å². The smallest absolute Gasteiger partial charge is 0.410 e. The number of aliphatic hydroxyl groups excluding tert-OH is 1. The number of rotatable bonds is 2. The van der Waals surface area contributed by atoms with Gasteiger partial charge in [0.25, 0.3) is 0 Å². The van der Waals surface area contributed by atoms with Gasteiger partial charge in [-0.25, -0.2) is 4.79 Å². The molecule has 2 heterocycles. The summed E-state index contributed by atoms with van der Waals surface area (Å²) in [7, 11) is 1.00. The van der Waals surface area contributed by atoms with Crippen LogP contribution in [0.4, 0.5) is 4.79 Å². The van der Waals surface area contributed by atoms with Gasteiger partial charge in [0.05, 0.1) is 11.2 Å². The van der Waals surface area contributed by atoms with Gasteiger partial charge in [-0.3, -0.25) is 0 Å². The molecule has 2 aliphatic rings. The van der Waals surface area contributed by atoms with E-state index in [0.717, 1.165) is 64.3 Å². The van der Waals surface area contributed by atoms with E-state index in [1.165, 1.54) is 6.42 Å². The molecule has 8 N–H and O–H groups in total. The molecule has 36 heavy (non-hydrogen) atoms. The summed E-state index contributed by atoms with van der Waals surface area (Å²) in [4.78, 5) is 13.8. The van der Waals surface area contributed by atoms with Crippen molar-refractivity contribution in [3.05, 3.63) is 35.9 Å². The van der Waals surface area contributed by atoms with Crippen LogP contribution in [0.15, 0.2) is 30.3 Å². The first-order valence-corrected chi connectivity index (χ1v) is 11.8. The second-order valence-corrected chi connectivity index (χ2v) is 9.19. The molecule has 1 aromatic rings. The zero-order chi connectivity index (χ0) is 23.9. The molecule has 1 aromatic carbocycles. The molecule has 3 rings (SSSR count). The molecule has 218 valence electrons. The molecule has 0 aliphatic carbocycles. The summed E-state index contributed by atoms with van der Waals surface area (Å²) in [6, 6.07) is 9.66. The molecule has 0 aromatic heterocycles. The fourth-order valence-corrected chi connectivity index (χ4v) is 3.78. The van der Waals surface area contributed by atoms with Crippen LogP contribution in [0.1, 0.15) is 78.2 Å². The van der Waals surface area contributed by atoms with Crippen LogP contribution in [-0.4, -0.2) is 81.8 Å². The van der Waals surface area contributed by atoms with Crippen LogP contribution >= 0.6 is 0 Å². The van der Waals surface area contributed by atoms with E-state index in [1.54, 1.807) is 4.90 Å². The van der Waals surface area contributed by atoms with Crippen molar-refractivity contribution in [1.29, 1.82) is 0 Å². The van der Waals surface area contributed by atoms with Gasteiger partial charge in [-0.2, -0.15) is 0 Å². The van der Waals surface area contributed by atoms with Crippen molar-refractivity contribution < 1.29 is 56.2 Å². The van der Waals surface area contributed by atoms with Crippen molar-refractivity contribution in [2.24, 2.45) is 0 Å². The van der Waals surface area contributed by atoms with E-state index in [2.05, 4.69) is 5.32 Å². The molecule has 2 saturated heterocycles. The van der Waals surface area contributed by atoms with Crippen LogP contribution in [0.25, 0.3) is 0 Å². The van der Waals surface area contributed by atoms with E-state index in [4.69, 9.17) is 9.84 Å². The first-order valence-electron chi connectivity index (χ1n) is 11.8. The van der Waals surface area contributed by atoms with Gasteiger partial charge in [-0.1, -0.05) is 37.8 Å². The number of carbonyl (C=O) groups excluding carboxylic acids is 1. The Morgan fingerprint density at radius 2 is 1.44 bits per heavy atom. The second kappa shape index (κ2) is 23.1. The van der Waals surface area contributed by atoms with Gasteiger partial charge in [-0.15, -0.1) is 0 Å². The molecule has 0 spiro atoms. The third-order valence-corrected chi connectivity index (χ3v) is 5.94. The van der Waals surface area contributed by atoms with E-state index in [1.807, 2.05) is 44.2 Å². The first-order chi connectivity index (χ1) is 15.3. The number of hydrogen-bond donors (Lipinski definition) is 4. The average Bonchev–Trinajstić information content (AvgIpc) is 2.76. The molecule has 9 nitrogen and oxygen atoms in total. The Bertz CT molecular complexity index is 624. The zero-order valence-corrected chi connectivity index (χ0v) is 23.1. The van der Waals surface area contributed by atoms with Crippen LogP contribution < -0.4 is 5.32 Å². The van der Waals surface area contributed by atoms with Crippen LogP contribution in [0, 0.1) is 0 Å². The minimum absolute atomic E-state index is 0.